The van der Waals surface area contributed by atoms with Crippen molar-refractivity contribution in [2.45, 2.75) is 6.92 Å². The maximum absolute atomic E-state index is 5.57. The zero-order valence-electron chi connectivity index (χ0n) is 10.3. The van der Waals surface area contributed by atoms with E-state index in [0.29, 0.717) is 4.99 Å². The molecular weight excluding hydrogens is 244 g/mol. The van der Waals surface area contributed by atoms with Crippen molar-refractivity contribution in [1.82, 2.24) is 9.97 Å². The molecule has 2 rings (SSSR count). The molecule has 0 fully saturated rings. The number of aromatic nitrogens is 2. The third kappa shape index (κ3) is 2.62. The Morgan fingerprint density at radius 2 is 1.89 bits per heavy atom. The number of aryl methyl sites for hydroxylation is 1. The van der Waals surface area contributed by atoms with Gasteiger partial charge in [-0.1, -0.05) is 12.2 Å². The van der Waals surface area contributed by atoms with Gasteiger partial charge in [-0.25, -0.2) is 9.97 Å². The van der Waals surface area contributed by atoms with Crippen molar-refractivity contribution in [2.75, 3.05) is 11.9 Å². The number of nitrogens with two attached hydrogens (primary N) is 1. The highest BCUT2D eigenvalue weighted by Crippen LogP contribution is 2.21. The minimum atomic E-state index is 0.405. The summed E-state index contributed by atoms with van der Waals surface area (Å²) in [4.78, 5) is 10.7. The fourth-order valence-electron chi connectivity index (χ4n) is 1.61. The van der Waals surface area contributed by atoms with Crippen LogP contribution in [0.1, 0.15) is 11.3 Å². The van der Waals surface area contributed by atoms with Crippen LogP contribution in [-0.2, 0) is 0 Å². The minimum absolute atomic E-state index is 0.405. The Morgan fingerprint density at radius 1 is 1.22 bits per heavy atom. The SMILES string of the molecule is Cc1cc(N(C)c2ccc(C(N)=S)cc2)ncn1. The topological polar surface area (TPSA) is 55.0 Å². The molecule has 0 spiro atoms. The van der Waals surface area contributed by atoms with E-state index in [2.05, 4.69) is 9.97 Å². The summed E-state index contributed by atoms with van der Waals surface area (Å²) in [6.45, 7) is 1.94. The van der Waals surface area contributed by atoms with Gasteiger partial charge in [0.05, 0.1) is 0 Å². The van der Waals surface area contributed by atoms with E-state index >= 15 is 0 Å². The van der Waals surface area contributed by atoms with Crippen molar-refractivity contribution < 1.29 is 0 Å². The molecule has 0 amide bonds. The van der Waals surface area contributed by atoms with Crippen LogP contribution in [0.2, 0.25) is 0 Å². The Labute approximate surface area is 111 Å². The van der Waals surface area contributed by atoms with Crippen LogP contribution < -0.4 is 10.6 Å². The van der Waals surface area contributed by atoms with E-state index in [4.69, 9.17) is 18.0 Å². The molecular formula is C13H14N4S. The average molecular weight is 258 g/mol. The summed E-state index contributed by atoms with van der Waals surface area (Å²) in [6.07, 6.45) is 1.56. The Kier molecular flexibility index (Phi) is 3.53. The first kappa shape index (κ1) is 12.4. The molecule has 5 heteroatoms. The summed E-state index contributed by atoms with van der Waals surface area (Å²) in [5.41, 5.74) is 8.39. The molecule has 1 aromatic carbocycles. The number of rotatable bonds is 3. The number of benzene rings is 1. The predicted octanol–water partition coefficient (Wildman–Crippen LogP) is 2.19. The highest BCUT2D eigenvalue weighted by molar-refractivity contribution is 7.80. The zero-order valence-corrected chi connectivity index (χ0v) is 11.1. The van der Waals surface area contributed by atoms with Gasteiger partial charge in [0.15, 0.2) is 0 Å². The first-order chi connectivity index (χ1) is 8.58. The first-order valence-corrected chi connectivity index (χ1v) is 5.91. The van der Waals surface area contributed by atoms with E-state index in [0.717, 1.165) is 22.8 Å². The van der Waals surface area contributed by atoms with Gasteiger partial charge in [-0.15, -0.1) is 0 Å². The third-order valence-electron chi connectivity index (χ3n) is 2.67. The second kappa shape index (κ2) is 5.10. The molecule has 4 nitrogen and oxygen atoms in total. The monoisotopic (exact) mass is 258 g/mol. The molecule has 1 aromatic heterocycles. The summed E-state index contributed by atoms with van der Waals surface area (Å²) in [5, 5.41) is 0. The summed E-state index contributed by atoms with van der Waals surface area (Å²) >= 11 is 4.93. The van der Waals surface area contributed by atoms with Gasteiger partial charge in [0.1, 0.15) is 17.1 Å². The van der Waals surface area contributed by atoms with Crippen LogP contribution in [0, 0.1) is 6.92 Å². The maximum atomic E-state index is 5.57. The highest BCUT2D eigenvalue weighted by Gasteiger charge is 2.06. The van der Waals surface area contributed by atoms with E-state index in [1.54, 1.807) is 6.33 Å². The molecule has 0 saturated carbocycles. The zero-order chi connectivity index (χ0) is 13.1. The molecule has 0 unspecified atom stereocenters. The molecule has 0 aliphatic rings. The van der Waals surface area contributed by atoms with Gasteiger partial charge in [-0.2, -0.15) is 0 Å². The fraction of sp³-hybridized carbons (Fsp3) is 0.154. The van der Waals surface area contributed by atoms with E-state index < -0.39 is 0 Å². The normalized spacial score (nSPS) is 10.1. The van der Waals surface area contributed by atoms with Crippen molar-refractivity contribution in [1.29, 1.82) is 0 Å². The van der Waals surface area contributed by atoms with Crippen LogP contribution in [0.15, 0.2) is 36.7 Å². The summed E-state index contributed by atoms with van der Waals surface area (Å²) in [7, 11) is 1.96. The predicted molar refractivity (Wildman–Crippen MR) is 77.2 cm³/mol. The van der Waals surface area contributed by atoms with Gasteiger partial charge in [0, 0.05) is 30.1 Å². The maximum Gasteiger partial charge on any atom is 0.136 e. The highest BCUT2D eigenvalue weighted by atomic mass is 32.1. The van der Waals surface area contributed by atoms with E-state index in [1.165, 1.54) is 0 Å². The smallest absolute Gasteiger partial charge is 0.136 e. The molecule has 2 N–H and O–H groups in total. The lowest BCUT2D eigenvalue weighted by molar-refractivity contribution is 1.05. The second-order valence-corrected chi connectivity index (χ2v) is 4.43. The molecule has 0 aliphatic heterocycles. The quantitative estimate of drug-likeness (QED) is 0.855. The number of hydrogen-bond donors (Lipinski definition) is 1. The third-order valence-corrected chi connectivity index (χ3v) is 2.91. The van der Waals surface area contributed by atoms with E-state index in [9.17, 15) is 0 Å². The summed E-state index contributed by atoms with van der Waals surface area (Å²) < 4.78 is 0. The molecule has 0 saturated heterocycles. The Hall–Kier alpha value is -2.01. The van der Waals surface area contributed by atoms with Crippen molar-refractivity contribution in [3.63, 3.8) is 0 Å². The van der Waals surface area contributed by atoms with Crippen molar-refractivity contribution in [3.8, 4) is 0 Å². The molecule has 0 atom stereocenters. The van der Waals surface area contributed by atoms with Gasteiger partial charge < -0.3 is 10.6 Å². The Morgan fingerprint density at radius 3 is 2.44 bits per heavy atom. The van der Waals surface area contributed by atoms with E-state index in [1.807, 2.05) is 49.2 Å². The molecule has 1 heterocycles. The van der Waals surface area contributed by atoms with Crippen LogP contribution in [0.4, 0.5) is 11.5 Å². The summed E-state index contributed by atoms with van der Waals surface area (Å²) in [5.74, 6) is 0.852. The van der Waals surface area contributed by atoms with Crippen LogP contribution >= 0.6 is 12.2 Å². The van der Waals surface area contributed by atoms with Gasteiger partial charge in [-0.05, 0) is 31.2 Å². The van der Waals surface area contributed by atoms with Crippen molar-refractivity contribution >= 4 is 28.7 Å². The standard InChI is InChI=1S/C13H14N4S/c1-9-7-12(16-8-15-9)17(2)11-5-3-10(4-6-11)13(14)18/h3-8H,1-2H3,(H2,14,18). The second-order valence-electron chi connectivity index (χ2n) is 3.99. The van der Waals surface area contributed by atoms with Crippen molar-refractivity contribution in [2.24, 2.45) is 5.73 Å². The van der Waals surface area contributed by atoms with Gasteiger partial charge in [-0.3, -0.25) is 0 Å². The Bertz CT molecular complexity index is 565. The van der Waals surface area contributed by atoms with E-state index in [-0.39, 0.29) is 0 Å². The summed E-state index contributed by atoms with van der Waals surface area (Å²) in [6, 6.07) is 9.67. The van der Waals surface area contributed by atoms with Crippen LogP contribution in [0.25, 0.3) is 0 Å². The lowest BCUT2D eigenvalue weighted by Gasteiger charge is -2.18. The van der Waals surface area contributed by atoms with Gasteiger partial charge in [0.2, 0.25) is 0 Å². The molecule has 0 radical (unpaired) electrons. The minimum Gasteiger partial charge on any atom is -0.389 e. The largest absolute Gasteiger partial charge is 0.389 e. The van der Waals surface area contributed by atoms with Crippen LogP contribution in [0.5, 0.6) is 0 Å². The number of nitrogens with zero attached hydrogens (tertiary/aromatic N) is 3. The number of hydrogen-bond acceptors (Lipinski definition) is 4. The van der Waals surface area contributed by atoms with Gasteiger partial charge >= 0.3 is 0 Å². The lowest BCUT2D eigenvalue weighted by Crippen LogP contribution is -2.13. The molecule has 92 valence electrons. The van der Waals surface area contributed by atoms with Crippen LogP contribution in [0.3, 0.4) is 0 Å². The molecule has 2 aromatic rings. The van der Waals surface area contributed by atoms with Crippen LogP contribution in [-0.4, -0.2) is 22.0 Å². The molecule has 0 aliphatic carbocycles. The van der Waals surface area contributed by atoms with Crippen molar-refractivity contribution in [3.05, 3.63) is 47.9 Å². The average Bonchev–Trinajstić information content (AvgIpc) is 2.38. The van der Waals surface area contributed by atoms with Gasteiger partial charge in [0.25, 0.3) is 0 Å². The fourth-order valence-corrected chi connectivity index (χ4v) is 1.74. The number of thiocarbonyl (C=S) groups is 1. The lowest BCUT2D eigenvalue weighted by atomic mass is 10.2. The molecule has 0 bridgehead atoms. The first-order valence-electron chi connectivity index (χ1n) is 5.50. The number of anilines is 2. The molecule has 18 heavy (non-hydrogen) atoms. The Balaban J connectivity index is 2.28.